The minimum absolute atomic E-state index is 0.155. The van der Waals surface area contributed by atoms with Gasteiger partial charge in [0.05, 0.1) is 22.0 Å². The van der Waals surface area contributed by atoms with Crippen LogP contribution in [0.15, 0.2) is 59.2 Å². The third-order valence-electron chi connectivity index (χ3n) is 3.57. The van der Waals surface area contributed by atoms with Crippen LogP contribution in [0.4, 0.5) is 10.7 Å². The van der Waals surface area contributed by atoms with Gasteiger partial charge in [-0.05, 0) is 43.3 Å². The second kappa shape index (κ2) is 8.73. The Balaban J connectivity index is 1.57. The van der Waals surface area contributed by atoms with Gasteiger partial charge in [-0.25, -0.2) is 4.79 Å². The first kappa shape index (κ1) is 19.7. The number of carbonyl (C=O) groups is 3. The van der Waals surface area contributed by atoms with Crippen LogP contribution in [0.2, 0.25) is 5.02 Å². The van der Waals surface area contributed by atoms with Crippen LogP contribution in [-0.4, -0.2) is 23.9 Å². The van der Waals surface area contributed by atoms with E-state index in [-0.39, 0.29) is 10.6 Å². The fourth-order valence-corrected chi connectivity index (χ4v) is 3.13. The van der Waals surface area contributed by atoms with Gasteiger partial charge < -0.3 is 19.8 Å². The quantitative estimate of drug-likeness (QED) is 0.577. The van der Waals surface area contributed by atoms with Gasteiger partial charge in [-0.3, -0.25) is 9.59 Å². The maximum Gasteiger partial charge on any atom is 0.349 e. The SMILES string of the molecule is CC(OC(=O)c1ccc(NC(=O)c2ccco2)s1)C(=O)Nc1ccccc1Cl. The molecule has 2 aromatic heterocycles. The number of thiophene rings is 1. The monoisotopic (exact) mass is 418 g/mol. The number of rotatable bonds is 6. The van der Waals surface area contributed by atoms with Crippen molar-refractivity contribution in [2.24, 2.45) is 0 Å². The Kier molecular flexibility index (Phi) is 6.13. The number of esters is 1. The minimum atomic E-state index is -1.04. The molecule has 0 fully saturated rings. The third-order valence-corrected chi connectivity index (χ3v) is 4.88. The Hall–Kier alpha value is -3.10. The summed E-state index contributed by atoms with van der Waals surface area (Å²) in [6.45, 7) is 1.46. The smallest absolute Gasteiger partial charge is 0.349 e. The number of benzene rings is 1. The van der Waals surface area contributed by atoms with Crippen molar-refractivity contribution in [2.45, 2.75) is 13.0 Å². The van der Waals surface area contributed by atoms with Crippen LogP contribution >= 0.6 is 22.9 Å². The molecule has 0 aliphatic heterocycles. The van der Waals surface area contributed by atoms with Gasteiger partial charge >= 0.3 is 5.97 Å². The molecule has 0 spiro atoms. The zero-order chi connectivity index (χ0) is 20.1. The van der Waals surface area contributed by atoms with Gasteiger partial charge in [0.25, 0.3) is 11.8 Å². The highest BCUT2D eigenvalue weighted by Crippen LogP contribution is 2.24. The molecule has 0 saturated carbocycles. The van der Waals surface area contributed by atoms with Crippen molar-refractivity contribution in [3.8, 4) is 0 Å². The molecule has 9 heteroatoms. The molecule has 7 nitrogen and oxygen atoms in total. The van der Waals surface area contributed by atoms with Crippen LogP contribution in [0.5, 0.6) is 0 Å². The van der Waals surface area contributed by atoms with Gasteiger partial charge in [-0.15, -0.1) is 11.3 Å². The molecule has 144 valence electrons. The molecule has 1 atom stereocenters. The molecule has 0 bridgehead atoms. The summed E-state index contributed by atoms with van der Waals surface area (Å²) in [4.78, 5) is 36.6. The Bertz CT molecular complexity index is 999. The van der Waals surface area contributed by atoms with Crippen molar-refractivity contribution >= 4 is 51.4 Å². The summed E-state index contributed by atoms with van der Waals surface area (Å²) in [5.74, 6) is -1.46. The van der Waals surface area contributed by atoms with Crippen molar-refractivity contribution in [1.29, 1.82) is 0 Å². The van der Waals surface area contributed by atoms with Gasteiger partial charge in [0.1, 0.15) is 4.88 Å². The Morgan fingerprint density at radius 3 is 2.57 bits per heavy atom. The fourth-order valence-electron chi connectivity index (χ4n) is 2.17. The van der Waals surface area contributed by atoms with Crippen molar-refractivity contribution in [1.82, 2.24) is 0 Å². The van der Waals surface area contributed by atoms with E-state index in [1.54, 1.807) is 36.4 Å². The van der Waals surface area contributed by atoms with Crippen molar-refractivity contribution in [3.63, 3.8) is 0 Å². The highest BCUT2D eigenvalue weighted by molar-refractivity contribution is 7.18. The zero-order valence-corrected chi connectivity index (χ0v) is 16.2. The highest BCUT2D eigenvalue weighted by Gasteiger charge is 2.21. The molecule has 0 radical (unpaired) electrons. The molecule has 1 aromatic carbocycles. The summed E-state index contributed by atoms with van der Waals surface area (Å²) in [6, 6.07) is 12.9. The van der Waals surface area contributed by atoms with E-state index in [9.17, 15) is 14.4 Å². The molecule has 3 rings (SSSR count). The lowest BCUT2D eigenvalue weighted by molar-refractivity contribution is -0.123. The van der Waals surface area contributed by atoms with Gasteiger partial charge in [0.2, 0.25) is 0 Å². The van der Waals surface area contributed by atoms with Gasteiger partial charge in [-0.2, -0.15) is 0 Å². The molecule has 0 saturated heterocycles. The van der Waals surface area contributed by atoms with Crippen LogP contribution in [0.25, 0.3) is 0 Å². The summed E-state index contributed by atoms with van der Waals surface area (Å²) < 4.78 is 10.2. The zero-order valence-electron chi connectivity index (χ0n) is 14.6. The Labute approximate surface area is 169 Å². The van der Waals surface area contributed by atoms with Gasteiger partial charge in [0, 0.05) is 0 Å². The Morgan fingerprint density at radius 2 is 1.86 bits per heavy atom. The van der Waals surface area contributed by atoms with Crippen LogP contribution in [-0.2, 0) is 9.53 Å². The fraction of sp³-hybridized carbons (Fsp3) is 0.105. The number of halogens is 1. The number of hydrogen-bond acceptors (Lipinski definition) is 6. The lowest BCUT2D eigenvalue weighted by atomic mass is 10.3. The standard InChI is InChI=1S/C19H15ClN2O5S/c1-11(17(23)21-13-6-3-2-5-12(13)20)27-19(25)15-8-9-16(28-15)22-18(24)14-7-4-10-26-14/h2-11H,1H3,(H,21,23)(H,22,24). The second-order valence-electron chi connectivity index (χ2n) is 5.61. The second-order valence-corrected chi connectivity index (χ2v) is 7.10. The normalized spacial score (nSPS) is 11.5. The van der Waals surface area contributed by atoms with Crippen LogP contribution in [0, 0.1) is 0 Å². The van der Waals surface area contributed by atoms with Gasteiger partial charge in [-0.1, -0.05) is 23.7 Å². The number of carbonyl (C=O) groups excluding carboxylic acids is 3. The number of furan rings is 1. The average Bonchev–Trinajstić information content (AvgIpc) is 3.35. The molecule has 0 aliphatic rings. The van der Waals surface area contributed by atoms with E-state index in [4.69, 9.17) is 20.8 Å². The summed E-state index contributed by atoms with van der Waals surface area (Å²) in [5.41, 5.74) is 0.427. The number of ether oxygens (including phenoxy) is 1. The van der Waals surface area contributed by atoms with E-state index in [1.165, 1.54) is 25.3 Å². The summed E-state index contributed by atoms with van der Waals surface area (Å²) in [7, 11) is 0. The number of hydrogen-bond donors (Lipinski definition) is 2. The first-order valence-electron chi connectivity index (χ1n) is 8.15. The van der Waals surface area contributed by atoms with E-state index in [1.807, 2.05) is 0 Å². The molecule has 2 N–H and O–H groups in total. The lowest BCUT2D eigenvalue weighted by Gasteiger charge is -2.13. The molecular formula is C19H15ClN2O5S. The highest BCUT2D eigenvalue weighted by atomic mass is 35.5. The first-order valence-corrected chi connectivity index (χ1v) is 9.34. The topological polar surface area (TPSA) is 97.6 Å². The van der Waals surface area contributed by atoms with E-state index in [2.05, 4.69) is 10.6 Å². The number of nitrogens with one attached hydrogen (secondary N) is 2. The predicted molar refractivity (Wildman–Crippen MR) is 106 cm³/mol. The molecule has 2 heterocycles. The van der Waals surface area contributed by atoms with E-state index in [0.717, 1.165) is 11.3 Å². The number of amides is 2. The summed E-state index contributed by atoms with van der Waals surface area (Å²) in [5, 5.41) is 6.05. The average molecular weight is 419 g/mol. The predicted octanol–water partition coefficient (Wildman–Crippen LogP) is 4.43. The lowest BCUT2D eigenvalue weighted by Crippen LogP contribution is -2.29. The third kappa shape index (κ3) is 4.79. The van der Waals surface area contributed by atoms with Gasteiger partial charge in [0.15, 0.2) is 11.9 Å². The van der Waals surface area contributed by atoms with Crippen LogP contribution in [0.1, 0.15) is 27.2 Å². The maximum atomic E-state index is 12.3. The molecular weight excluding hydrogens is 404 g/mol. The van der Waals surface area contributed by atoms with E-state index >= 15 is 0 Å². The Morgan fingerprint density at radius 1 is 1.07 bits per heavy atom. The van der Waals surface area contributed by atoms with Crippen molar-refractivity contribution in [2.75, 3.05) is 10.6 Å². The van der Waals surface area contributed by atoms with E-state index in [0.29, 0.717) is 15.7 Å². The largest absolute Gasteiger partial charge is 0.459 e. The number of para-hydroxylation sites is 1. The van der Waals surface area contributed by atoms with Crippen LogP contribution in [0.3, 0.4) is 0 Å². The number of anilines is 2. The molecule has 0 aliphatic carbocycles. The maximum absolute atomic E-state index is 12.3. The molecule has 3 aromatic rings. The van der Waals surface area contributed by atoms with E-state index < -0.39 is 23.9 Å². The van der Waals surface area contributed by atoms with Crippen LogP contribution < -0.4 is 10.6 Å². The molecule has 2 amide bonds. The minimum Gasteiger partial charge on any atom is -0.459 e. The van der Waals surface area contributed by atoms with Crippen molar-refractivity contribution < 1.29 is 23.5 Å². The molecule has 28 heavy (non-hydrogen) atoms. The summed E-state index contributed by atoms with van der Waals surface area (Å²) >= 11 is 7.02. The van der Waals surface area contributed by atoms with Crippen molar-refractivity contribution in [3.05, 3.63) is 70.5 Å². The summed E-state index contributed by atoms with van der Waals surface area (Å²) in [6.07, 6.45) is 0.355. The molecule has 1 unspecified atom stereocenters. The first-order chi connectivity index (χ1) is 13.4.